The number of fused-ring (bicyclic) bond motifs is 3. The van der Waals surface area contributed by atoms with E-state index in [1.807, 2.05) is 10.9 Å². The van der Waals surface area contributed by atoms with Crippen LogP contribution in [-0.2, 0) is 23.1 Å². The molecule has 1 amide bonds. The van der Waals surface area contributed by atoms with Crippen molar-refractivity contribution in [3.05, 3.63) is 53.3 Å². The molecular weight excluding hydrogens is 400 g/mol. The molecule has 3 unspecified atom stereocenters. The summed E-state index contributed by atoms with van der Waals surface area (Å²) in [5.74, 6) is 0.185. The number of benzene rings is 1. The quantitative estimate of drug-likeness (QED) is 0.681. The number of carbonyl (C=O) groups excluding carboxylic acids is 1. The van der Waals surface area contributed by atoms with Crippen LogP contribution in [0.1, 0.15) is 48.5 Å². The summed E-state index contributed by atoms with van der Waals surface area (Å²) in [7, 11) is 0. The number of rotatable bonds is 4. The highest BCUT2D eigenvalue weighted by molar-refractivity contribution is 5.80. The van der Waals surface area contributed by atoms with Crippen molar-refractivity contribution in [3.8, 4) is 0 Å². The molecule has 2 aromatic rings. The molecule has 0 saturated carbocycles. The second-order valence-corrected chi connectivity index (χ2v) is 10.1. The maximum Gasteiger partial charge on any atom is 0.225 e. The van der Waals surface area contributed by atoms with Crippen LogP contribution >= 0.6 is 0 Å². The number of amides is 1. The van der Waals surface area contributed by atoms with Crippen molar-refractivity contribution in [3.63, 3.8) is 0 Å². The minimum atomic E-state index is 0.0176. The van der Waals surface area contributed by atoms with Crippen molar-refractivity contribution in [2.45, 2.75) is 56.1 Å². The molecule has 4 aliphatic rings. The Morgan fingerprint density at radius 3 is 2.91 bits per heavy atom. The average Bonchev–Trinajstić information content (AvgIpc) is 3.45. The van der Waals surface area contributed by atoms with Crippen molar-refractivity contribution in [2.75, 3.05) is 32.8 Å². The van der Waals surface area contributed by atoms with E-state index in [4.69, 9.17) is 0 Å². The fourth-order valence-corrected chi connectivity index (χ4v) is 6.54. The number of hydrogen-bond acceptors (Lipinski definition) is 5. The standard InChI is InChI=1S/C25H34N6O/c32-24-20-6-11-26-23(22(20)27-17-28-24)31-16-18(15-29-31)7-12-30-13-9-25(10-14-30)8-5-19-3-1-2-4-21(19)25/h1-4,15-16,20,22-23,26-27H,5-14,17H2,(H,28,32). The lowest BCUT2D eigenvalue weighted by atomic mass is 9.74. The van der Waals surface area contributed by atoms with Gasteiger partial charge in [0.2, 0.25) is 5.91 Å². The lowest BCUT2D eigenvalue weighted by Gasteiger charge is -2.41. The molecule has 4 heterocycles. The van der Waals surface area contributed by atoms with Crippen molar-refractivity contribution in [1.82, 2.24) is 30.6 Å². The first-order chi connectivity index (χ1) is 15.7. The van der Waals surface area contributed by atoms with Gasteiger partial charge in [0.05, 0.1) is 24.8 Å². The summed E-state index contributed by atoms with van der Waals surface area (Å²) in [6.07, 6.45) is 11.3. The van der Waals surface area contributed by atoms with Gasteiger partial charge in [-0.25, -0.2) is 0 Å². The Kier molecular flexibility index (Phi) is 5.28. The molecule has 7 nitrogen and oxygen atoms in total. The number of aromatic nitrogens is 2. The fraction of sp³-hybridized carbons (Fsp3) is 0.600. The third kappa shape index (κ3) is 3.56. The summed E-state index contributed by atoms with van der Waals surface area (Å²) in [6, 6.07) is 9.20. The Morgan fingerprint density at radius 1 is 1.12 bits per heavy atom. The van der Waals surface area contributed by atoms with E-state index < -0.39 is 0 Å². The van der Waals surface area contributed by atoms with Crippen LogP contribution in [0.15, 0.2) is 36.7 Å². The van der Waals surface area contributed by atoms with Gasteiger partial charge >= 0.3 is 0 Å². The second-order valence-electron chi connectivity index (χ2n) is 10.1. The van der Waals surface area contributed by atoms with Crippen molar-refractivity contribution in [1.29, 1.82) is 0 Å². The first-order valence-corrected chi connectivity index (χ1v) is 12.3. The fourth-order valence-electron chi connectivity index (χ4n) is 6.54. The van der Waals surface area contributed by atoms with Gasteiger partial charge in [-0.3, -0.25) is 20.1 Å². The van der Waals surface area contributed by atoms with Gasteiger partial charge in [-0.1, -0.05) is 24.3 Å². The number of likely N-dealkylation sites (tertiary alicyclic amines) is 1. The van der Waals surface area contributed by atoms with E-state index >= 15 is 0 Å². The van der Waals surface area contributed by atoms with Crippen LogP contribution in [0.3, 0.4) is 0 Å². The van der Waals surface area contributed by atoms with Crippen molar-refractivity contribution >= 4 is 5.91 Å². The van der Waals surface area contributed by atoms with E-state index in [0.717, 1.165) is 25.9 Å². The van der Waals surface area contributed by atoms with Crippen molar-refractivity contribution < 1.29 is 4.79 Å². The molecule has 1 spiro atoms. The van der Waals surface area contributed by atoms with Gasteiger partial charge in [-0.05, 0) is 80.3 Å². The highest BCUT2D eigenvalue weighted by atomic mass is 16.2. The molecule has 3 fully saturated rings. The molecule has 7 heteroatoms. The molecule has 1 aromatic heterocycles. The number of nitrogens with one attached hydrogen (secondary N) is 3. The van der Waals surface area contributed by atoms with Crippen LogP contribution in [0.5, 0.6) is 0 Å². The summed E-state index contributed by atoms with van der Waals surface area (Å²) in [5.41, 5.74) is 4.92. The Hall–Kier alpha value is -2.22. The summed E-state index contributed by atoms with van der Waals surface area (Å²) >= 11 is 0. The molecule has 3 aliphatic heterocycles. The van der Waals surface area contributed by atoms with Crippen LogP contribution in [0.4, 0.5) is 0 Å². The van der Waals surface area contributed by atoms with E-state index in [0.29, 0.717) is 12.1 Å². The average molecular weight is 435 g/mol. The van der Waals surface area contributed by atoms with Crippen LogP contribution < -0.4 is 16.0 Å². The third-order valence-corrected chi connectivity index (χ3v) is 8.45. The largest absolute Gasteiger partial charge is 0.343 e. The summed E-state index contributed by atoms with van der Waals surface area (Å²) < 4.78 is 2.03. The molecule has 1 aliphatic carbocycles. The van der Waals surface area contributed by atoms with Gasteiger partial charge in [0.15, 0.2) is 0 Å². The Labute approximate surface area is 189 Å². The number of aryl methyl sites for hydroxylation is 1. The van der Waals surface area contributed by atoms with E-state index in [1.165, 1.54) is 44.3 Å². The molecular formula is C25H34N6O. The van der Waals surface area contributed by atoms with Gasteiger partial charge < -0.3 is 10.2 Å². The molecule has 1 aromatic carbocycles. The summed E-state index contributed by atoms with van der Waals surface area (Å²) in [6.45, 7) is 4.85. The van der Waals surface area contributed by atoms with Crippen molar-refractivity contribution in [2.24, 2.45) is 5.92 Å². The zero-order valence-corrected chi connectivity index (χ0v) is 18.7. The molecule has 6 rings (SSSR count). The minimum Gasteiger partial charge on any atom is -0.343 e. The van der Waals surface area contributed by atoms with Gasteiger partial charge in [0, 0.05) is 12.7 Å². The molecule has 32 heavy (non-hydrogen) atoms. The van der Waals surface area contributed by atoms with Crippen LogP contribution in [0.2, 0.25) is 0 Å². The summed E-state index contributed by atoms with van der Waals surface area (Å²) in [5, 5.41) is 14.6. The maximum absolute atomic E-state index is 12.2. The Morgan fingerprint density at radius 2 is 2.00 bits per heavy atom. The van der Waals surface area contributed by atoms with Gasteiger partial charge in [-0.15, -0.1) is 0 Å². The highest BCUT2D eigenvalue weighted by Crippen LogP contribution is 2.46. The maximum atomic E-state index is 12.2. The zero-order chi connectivity index (χ0) is 21.5. The predicted molar refractivity (Wildman–Crippen MR) is 123 cm³/mol. The smallest absolute Gasteiger partial charge is 0.225 e. The summed E-state index contributed by atoms with van der Waals surface area (Å²) in [4.78, 5) is 14.9. The van der Waals surface area contributed by atoms with Crippen LogP contribution in [0.25, 0.3) is 0 Å². The minimum absolute atomic E-state index is 0.0176. The predicted octanol–water partition coefficient (Wildman–Crippen LogP) is 1.56. The van der Waals surface area contributed by atoms with Crippen LogP contribution in [0, 0.1) is 5.92 Å². The molecule has 3 atom stereocenters. The number of nitrogens with zero attached hydrogens (tertiary/aromatic N) is 3. The van der Waals surface area contributed by atoms with E-state index in [-0.39, 0.29) is 24.0 Å². The number of piperidine rings is 2. The van der Waals surface area contributed by atoms with E-state index in [9.17, 15) is 4.79 Å². The first kappa shape index (κ1) is 20.4. The van der Waals surface area contributed by atoms with Crippen LogP contribution in [-0.4, -0.2) is 59.5 Å². The van der Waals surface area contributed by atoms with Gasteiger partial charge in [-0.2, -0.15) is 5.10 Å². The van der Waals surface area contributed by atoms with E-state index in [2.05, 4.69) is 56.4 Å². The monoisotopic (exact) mass is 434 g/mol. The highest BCUT2D eigenvalue weighted by Gasteiger charge is 2.42. The Balaban J connectivity index is 1.05. The van der Waals surface area contributed by atoms with E-state index in [1.54, 1.807) is 11.1 Å². The third-order valence-electron chi connectivity index (χ3n) is 8.45. The molecule has 0 bridgehead atoms. The number of carbonyl (C=O) groups is 1. The normalized spacial score (nSPS) is 29.5. The molecule has 3 N–H and O–H groups in total. The van der Waals surface area contributed by atoms with Gasteiger partial charge in [0.1, 0.15) is 6.17 Å². The SMILES string of the molecule is O=C1NCNC2C1CCNC2n1cc(CCN2CCC3(CCc4ccccc43)CC2)cn1. The second kappa shape index (κ2) is 8.28. The zero-order valence-electron chi connectivity index (χ0n) is 18.7. The lowest BCUT2D eigenvalue weighted by molar-refractivity contribution is -0.130. The lowest BCUT2D eigenvalue weighted by Crippen LogP contribution is -2.63. The number of hydrogen-bond donors (Lipinski definition) is 3. The first-order valence-electron chi connectivity index (χ1n) is 12.3. The molecule has 170 valence electrons. The Bertz CT molecular complexity index is 978. The molecule has 0 radical (unpaired) electrons. The van der Waals surface area contributed by atoms with Gasteiger partial charge in [0.25, 0.3) is 0 Å². The molecule has 3 saturated heterocycles. The topological polar surface area (TPSA) is 74.2 Å².